The first-order valence-corrected chi connectivity index (χ1v) is 6.72. The summed E-state index contributed by atoms with van der Waals surface area (Å²) in [5.74, 6) is 1.56. The van der Waals surface area contributed by atoms with Crippen molar-refractivity contribution in [2.45, 2.75) is 27.2 Å². The largest absolute Gasteiger partial charge is 0.340 e. The van der Waals surface area contributed by atoms with E-state index in [1.54, 1.807) is 4.52 Å². The predicted molar refractivity (Wildman–Crippen MR) is 79.4 cm³/mol. The normalized spacial score (nSPS) is 10.9. The quantitative estimate of drug-likeness (QED) is 0.792. The average Bonchev–Trinajstić information content (AvgIpc) is 2.87. The molecule has 0 unspecified atom stereocenters. The lowest BCUT2D eigenvalue weighted by Gasteiger charge is -2.14. The number of benzene rings is 1. The lowest BCUT2D eigenvalue weighted by atomic mass is 10.1. The average molecular weight is 267 g/mol. The first-order chi connectivity index (χ1) is 9.69. The second-order valence-corrected chi connectivity index (χ2v) is 4.84. The molecule has 2 aromatic heterocycles. The van der Waals surface area contributed by atoms with Gasteiger partial charge in [-0.3, -0.25) is 0 Å². The maximum atomic E-state index is 4.48. The Bertz CT molecular complexity index is 760. The fourth-order valence-corrected chi connectivity index (χ4v) is 2.40. The minimum absolute atomic E-state index is 0.620. The summed E-state index contributed by atoms with van der Waals surface area (Å²) in [4.78, 5) is 8.65. The van der Waals surface area contributed by atoms with Crippen molar-refractivity contribution >= 4 is 17.3 Å². The Hall–Kier alpha value is -2.43. The van der Waals surface area contributed by atoms with E-state index in [4.69, 9.17) is 0 Å². The Morgan fingerprint density at radius 2 is 2.10 bits per heavy atom. The molecule has 0 atom stereocenters. The van der Waals surface area contributed by atoms with Crippen LogP contribution < -0.4 is 5.32 Å². The molecule has 2 heterocycles. The van der Waals surface area contributed by atoms with E-state index in [1.165, 1.54) is 11.9 Å². The van der Waals surface area contributed by atoms with Crippen molar-refractivity contribution < 1.29 is 0 Å². The standard InChI is InChI=1S/C15H17N5/c1-4-13-11(3)18-15-16-9-17-20(15)14(13)19-12-7-5-6-10(2)8-12/h5-9,19H,4H2,1-3H3. The molecule has 0 saturated carbocycles. The van der Waals surface area contributed by atoms with E-state index in [1.807, 2.05) is 19.1 Å². The number of hydrogen-bond donors (Lipinski definition) is 1. The summed E-state index contributed by atoms with van der Waals surface area (Å²) in [6.07, 6.45) is 2.42. The molecule has 102 valence electrons. The van der Waals surface area contributed by atoms with Gasteiger partial charge in [-0.05, 0) is 38.0 Å². The van der Waals surface area contributed by atoms with Gasteiger partial charge in [0.1, 0.15) is 12.1 Å². The van der Waals surface area contributed by atoms with Crippen LogP contribution >= 0.6 is 0 Å². The van der Waals surface area contributed by atoms with E-state index >= 15 is 0 Å². The van der Waals surface area contributed by atoms with Crippen LogP contribution in [-0.4, -0.2) is 19.6 Å². The summed E-state index contributed by atoms with van der Waals surface area (Å²) >= 11 is 0. The smallest absolute Gasteiger partial charge is 0.254 e. The first kappa shape index (κ1) is 12.6. The molecule has 0 fully saturated rings. The molecule has 3 rings (SSSR count). The molecule has 1 aromatic carbocycles. The van der Waals surface area contributed by atoms with Gasteiger partial charge in [-0.25, -0.2) is 4.98 Å². The highest BCUT2D eigenvalue weighted by Crippen LogP contribution is 2.24. The van der Waals surface area contributed by atoms with Gasteiger partial charge in [-0.1, -0.05) is 19.1 Å². The summed E-state index contributed by atoms with van der Waals surface area (Å²) in [6.45, 7) is 6.21. The number of hydrogen-bond acceptors (Lipinski definition) is 4. The van der Waals surface area contributed by atoms with Crippen LogP contribution in [0, 0.1) is 13.8 Å². The number of aryl methyl sites for hydroxylation is 2. The Labute approximate surface area is 117 Å². The van der Waals surface area contributed by atoms with E-state index in [-0.39, 0.29) is 0 Å². The van der Waals surface area contributed by atoms with Gasteiger partial charge in [0.25, 0.3) is 5.78 Å². The maximum Gasteiger partial charge on any atom is 0.254 e. The Morgan fingerprint density at radius 1 is 1.25 bits per heavy atom. The van der Waals surface area contributed by atoms with Gasteiger partial charge in [0.15, 0.2) is 0 Å². The van der Waals surface area contributed by atoms with Crippen LogP contribution in [0.4, 0.5) is 11.5 Å². The monoisotopic (exact) mass is 267 g/mol. The Kier molecular flexibility index (Phi) is 3.10. The maximum absolute atomic E-state index is 4.48. The minimum atomic E-state index is 0.620. The molecule has 0 saturated heterocycles. The number of anilines is 2. The van der Waals surface area contributed by atoms with Crippen molar-refractivity contribution in [2.75, 3.05) is 5.32 Å². The molecule has 20 heavy (non-hydrogen) atoms. The van der Waals surface area contributed by atoms with Crippen LogP contribution in [0.25, 0.3) is 5.78 Å². The fraction of sp³-hybridized carbons (Fsp3) is 0.267. The van der Waals surface area contributed by atoms with Crippen molar-refractivity contribution in [3.05, 3.63) is 47.4 Å². The molecule has 5 heteroatoms. The topological polar surface area (TPSA) is 55.1 Å². The zero-order valence-electron chi connectivity index (χ0n) is 11.9. The van der Waals surface area contributed by atoms with E-state index in [2.05, 4.69) is 46.4 Å². The van der Waals surface area contributed by atoms with Crippen molar-refractivity contribution in [3.63, 3.8) is 0 Å². The third kappa shape index (κ3) is 2.11. The highest BCUT2D eigenvalue weighted by Gasteiger charge is 2.13. The van der Waals surface area contributed by atoms with Crippen LogP contribution in [0.1, 0.15) is 23.7 Å². The zero-order chi connectivity index (χ0) is 14.1. The Balaban J connectivity index is 2.16. The first-order valence-electron chi connectivity index (χ1n) is 6.72. The fourth-order valence-electron chi connectivity index (χ4n) is 2.40. The lowest BCUT2D eigenvalue weighted by Crippen LogP contribution is -2.08. The van der Waals surface area contributed by atoms with Crippen LogP contribution in [0.5, 0.6) is 0 Å². The molecule has 3 aromatic rings. The molecule has 0 amide bonds. The van der Waals surface area contributed by atoms with Crippen molar-refractivity contribution in [1.82, 2.24) is 19.6 Å². The Morgan fingerprint density at radius 3 is 2.85 bits per heavy atom. The summed E-state index contributed by atoms with van der Waals surface area (Å²) in [5, 5.41) is 7.72. The van der Waals surface area contributed by atoms with Gasteiger partial charge >= 0.3 is 0 Å². The van der Waals surface area contributed by atoms with Gasteiger partial charge in [-0.15, -0.1) is 0 Å². The second-order valence-electron chi connectivity index (χ2n) is 4.84. The molecule has 0 aliphatic heterocycles. The van der Waals surface area contributed by atoms with Crippen LogP contribution in [0.15, 0.2) is 30.6 Å². The number of nitrogens with zero attached hydrogens (tertiary/aromatic N) is 4. The van der Waals surface area contributed by atoms with Crippen LogP contribution in [-0.2, 0) is 6.42 Å². The third-order valence-electron chi connectivity index (χ3n) is 3.37. The van der Waals surface area contributed by atoms with E-state index in [0.29, 0.717) is 5.78 Å². The summed E-state index contributed by atoms with van der Waals surface area (Å²) in [7, 11) is 0. The van der Waals surface area contributed by atoms with Crippen LogP contribution in [0.2, 0.25) is 0 Å². The number of aromatic nitrogens is 4. The highest BCUT2D eigenvalue weighted by molar-refractivity contribution is 5.63. The molecule has 1 N–H and O–H groups in total. The van der Waals surface area contributed by atoms with Gasteiger partial charge in [-0.2, -0.15) is 14.6 Å². The summed E-state index contributed by atoms with van der Waals surface area (Å²) in [5.41, 5.74) is 4.41. The van der Waals surface area contributed by atoms with E-state index in [9.17, 15) is 0 Å². The molecular formula is C15H17N5. The molecule has 5 nitrogen and oxygen atoms in total. The van der Waals surface area contributed by atoms with Crippen LogP contribution in [0.3, 0.4) is 0 Å². The molecule has 0 spiro atoms. The van der Waals surface area contributed by atoms with Gasteiger partial charge in [0.05, 0.1) is 0 Å². The third-order valence-corrected chi connectivity index (χ3v) is 3.37. The molecule has 0 bridgehead atoms. The zero-order valence-corrected chi connectivity index (χ0v) is 11.9. The van der Waals surface area contributed by atoms with Crippen molar-refractivity contribution in [2.24, 2.45) is 0 Å². The van der Waals surface area contributed by atoms with E-state index in [0.717, 1.165) is 29.2 Å². The number of rotatable bonds is 3. The van der Waals surface area contributed by atoms with Gasteiger partial charge < -0.3 is 5.32 Å². The SMILES string of the molecule is CCc1c(C)nc2ncnn2c1Nc1cccc(C)c1. The lowest BCUT2D eigenvalue weighted by molar-refractivity contribution is 0.903. The van der Waals surface area contributed by atoms with Crippen molar-refractivity contribution in [3.8, 4) is 0 Å². The number of nitrogens with one attached hydrogen (secondary N) is 1. The summed E-state index contributed by atoms with van der Waals surface area (Å²) in [6, 6.07) is 8.27. The van der Waals surface area contributed by atoms with E-state index < -0.39 is 0 Å². The minimum Gasteiger partial charge on any atom is -0.340 e. The summed E-state index contributed by atoms with van der Waals surface area (Å²) < 4.78 is 1.76. The molecule has 0 aliphatic carbocycles. The molecular weight excluding hydrogens is 250 g/mol. The molecule has 0 aliphatic rings. The predicted octanol–water partition coefficient (Wildman–Crippen LogP) is 3.05. The second kappa shape index (κ2) is 4.92. The molecule has 0 radical (unpaired) electrons. The van der Waals surface area contributed by atoms with Gasteiger partial charge in [0, 0.05) is 16.9 Å². The highest BCUT2D eigenvalue weighted by atomic mass is 15.4. The van der Waals surface area contributed by atoms with Gasteiger partial charge in [0.2, 0.25) is 0 Å². The number of fused-ring (bicyclic) bond motifs is 1. The van der Waals surface area contributed by atoms with Crippen molar-refractivity contribution in [1.29, 1.82) is 0 Å².